The first-order valence-corrected chi connectivity index (χ1v) is 7.21. The van der Waals surface area contributed by atoms with Crippen LogP contribution in [-0.2, 0) is 14.3 Å². The molecular formula is C16H31NO3. The summed E-state index contributed by atoms with van der Waals surface area (Å²) in [5, 5.41) is 2.76. The van der Waals surface area contributed by atoms with Crippen molar-refractivity contribution in [3.05, 3.63) is 0 Å². The van der Waals surface area contributed by atoms with Gasteiger partial charge in [-0.15, -0.1) is 0 Å². The van der Waals surface area contributed by atoms with E-state index in [1.807, 2.05) is 34.6 Å². The summed E-state index contributed by atoms with van der Waals surface area (Å²) < 4.78 is 5.26. The Hall–Kier alpha value is -1.06. The molecule has 1 amide bonds. The summed E-state index contributed by atoms with van der Waals surface area (Å²) in [5.41, 5.74) is -0.856. The lowest BCUT2D eigenvalue weighted by atomic mass is 9.76. The quantitative estimate of drug-likeness (QED) is 0.623. The van der Waals surface area contributed by atoms with Crippen molar-refractivity contribution >= 4 is 11.9 Å². The number of carbonyl (C=O) groups is 2. The number of esters is 1. The molecule has 0 aliphatic rings. The maximum absolute atomic E-state index is 12.0. The van der Waals surface area contributed by atoms with E-state index in [4.69, 9.17) is 4.74 Å². The van der Waals surface area contributed by atoms with E-state index in [1.165, 1.54) is 0 Å². The van der Waals surface area contributed by atoms with Crippen LogP contribution < -0.4 is 5.32 Å². The van der Waals surface area contributed by atoms with Crippen LogP contribution in [0.5, 0.6) is 0 Å². The molecule has 0 rings (SSSR count). The van der Waals surface area contributed by atoms with E-state index in [-0.39, 0.29) is 23.9 Å². The topological polar surface area (TPSA) is 55.4 Å². The van der Waals surface area contributed by atoms with Crippen LogP contribution in [0, 0.1) is 16.2 Å². The Morgan fingerprint density at radius 2 is 1.45 bits per heavy atom. The van der Waals surface area contributed by atoms with Gasteiger partial charge in [0.05, 0.1) is 12.0 Å². The number of nitrogens with one attached hydrogen (secondary N) is 1. The third-order valence-corrected chi connectivity index (χ3v) is 2.83. The van der Waals surface area contributed by atoms with Crippen LogP contribution in [0.1, 0.15) is 61.8 Å². The lowest BCUT2D eigenvalue weighted by Crippen LogP contribution is -2.38. The van der Waals surface area contributed by atoms with Crippen molar-refractivity contribution < 1.29 is 14.3 Å². The number of ether oxygens (including phenoxy) is 1. The molecule has 0 saturated carbocycles. The second-order valence-corrected chi connectivity index (χ2v) is 8.26. The van der Waals surface area contributed by atoms with Gasteiger partial charge in [0.15, 0.2) is 0 Å². The van der Waals surface area contributed by atoms with E-state index in [0.29, 0.717) is 6.54 Å². The molecule has 118 valence electrons. The van der Waals surface area contributed by atoms with E-state index in [0.717, 1.165) is 6.42 Å². The second-order valence-electron chi connectivity index (χ2n) is 8.26. The molecule has 0 bridgehead atoms. The maximum atomic E-state index is 12.0. The average Bonchev–Trinajstić information content (AvgIpc) is 2.18. The molecule has 4 heteroatoms. The third-order valence-electron chi connectivity index (χ3n) is 2.83. The predicted octanol–water partition coefficient (Wildman–Crippen LogP) is 3.15. The SMILES string of the molecule is CC(C)(C)CC(C)(C)C(=O)OCCNC(=O)C(C)(C)C. The minimum atomic E-state index is -0.508. The third kappa shape index (κ3) is 7.51. The first kappa shape index (κ1) is 18.9. The number of hydrogen-bond acceptors (Lipinski definition) is 3. The Labute approximate surface area is 123 Å². The molecule has 4 nitrogen and oxygen atoms in total. The van der Waals surface area contributed by atoms with Crippen molar-refractivity contribution in [1.82, 2.24) is 5.32 Å². The zero-order valence-electron chi connectivity index (χ0n) is 14.3. The first-order valence-electron chi connectivity index (χ1n) is 7.21. The summed E-state index contributed by atoms with van der Waals surface area (Å²) >= 11 is 0. The molecule has 0 unspecified atom stereocenters. The van der Waals surface area contributed by atoms with Gasteiger partial charge in [0.1, 0.15) is 6.61 Å². The van der Waals surface area contributed by atoms with E-state index in [1.54, 1.807) is 0 Å². The van der Waals surface area contributed by atoms with Gasteiger partial charge in [-0.1, -0.05) is 41.5 Å². The monoisotopic (exact) mass is 285 g/mol. The van der Waals surface area contributed by atoms with Crippen LogP contribution in [0.15, 0.2) is 0 Å². The summed E-state index contributed by atoms with van der Waals surface area (Å²) in [4.78, 5) is 23.7. The maximum Gasteiger partial charge on any atom is 0.311 e. The van der Waals surface area contributed by atoms with Crippen LogP contribution in [0.4, 0.5) is 0 Å². The van der Waals surface area contributed by atoms with Gasteiger partial charge in [-0.3, -0.25) is 9.59 Å². The van der Waals surface area contributed by atoms with Gasteiger partial charge < -0.3 is 10.1 Å². The molecule has 1 N–H and O–H groups in total. The van der Waals surface area contributed by atoms with Gasteiger partial charge in [-0.25, -0.2) is 0 Å². The molecule has 0 aromatic carbocycles. The second kappa shape index (κ2) is 6.59. The summed E-state index contributed by atoms with van der Waals surface area (Å²) in [5.74, 6) is -0.250. The van der Waals surface area contributed by atoms with E-state index in [9.17, 15) is 9.59 Å². The Bertz CT molecular complexity index is 346. The zero-order valence-corrected chi connectivity index (χ0v) is 14.3. The molecule has 0 aromatic rings. The Morgan fingerprint density at radius 1 is 0.950 bits per heavy atom. The molecule has 0 aliphatic carbocycles. The fourth-order valence-electron chi connectivity index (χ4n) is 2.17. The van der Waals surface area contributed by atoms with Crippen LogP contribution in [0.2, 0.25) is 0 Å². The smallest absolute Gasteiger partial charge is 0.311 e. The molecule has 20 heavy (non-hydrogen) atoms. The largest absolute Gasteiger partial charge is 0.463 e. The number of carbonyl (C=O) groups excluding carboxylic acids is 2. The summed E-state index contributed by atoms with van der Waals surface area (Å²) in [6.07, 6.45) is 0.757. The molecule has 0 aliphatic heterocycles. The van der Waals surface area contributed by atoms with Gasteiger partial charge in [0, 0.05) is 5.41 Å². The highest BCUT2D eigenvalue weighted by Gasteiger charge is 2.33. The highest BCUT2D eigenvalue weighted by molar-refractivity contribution is 5.81. The molecule has 0 fully saturated rings. The van der Waals surface area contributed by atoms with Crippen LogP contribution in [-0.4, -0.2) is 25.0 Å². The standard InChI is InChI=1S/C16H31NO3/c1-14(2,3)11-16(7,8)13(19)20-10-9-17-12(18)15(4,5)6/h9-11H2,1-8H3,(H,17,18). The molecule has 0 atom stereocenters. The summed E-state index contributed by atoms with van der Waals surface area (Å²) in [7, 11) is 0. The van der Waals surface area contributed by atoms with Gasteiger partial charge in [-0.2, -0.15) is 0 Å². The van der Waals surface area contributed by atoms with Crippen LogP contribution >= 0.6 is 0 Å². The number of amides is 1. The lowest BCUT2D eigenvalue weighted by Gasteiger charge is -2.30. The van der Waals surface area contributed by atoms with Gasteiger partial charge >= 0.3 is 5.97 Å². The molecule has 0 saturated heterocycles. The minimum Gasteiger partial charge on any atom is -0.463 e. The average molecular weight is 285 g/mol. The van der Waals surface area contributed by atoms with Crippen LogP contribution in [0.25, 0.3) is 0 Å². The molecule has 0 radical (unpaired) electrons. The van der Waals surface area contributed by atoms with Gasteiger partial charge in [0.2, 0.25) is 5.91 Å². The molecular weight excluding hydrogens is 254 g/mol. The van der Waals surface area contributed by atoms with Crippen molar-refractivity contribution in [3.8, 4) is 0 Å². The van der Waals surface area contributed by atoms with E-state index in [2.05, 4.69) is 26.1 Å². The van der Waals surface area contributed by atoms with Gasteiger partial charge in [-0.05, 0) is 25.7 Å². The van der Waals surface area contributed by atoms with E-state index < -0.39 is 10.8 Å². The highest BCUT2D eigenvalue weighted by Crippen LogP contribution is 2.33. The normalized spacial score (nSPS) is 13.0. The Kier molecular flexibility index (Phi) is 6.25. The summed E-state index contributed by atoms with van der Waals surface area (Å²) in [6, 6.07) is 0. The Balaban J connectivity index is 4.15. The number of hydrogen-bond donors (Lipinski definition) is 1. The minimum absolute atomic E-state index is 0.0394. The Morgan fingerprint density at radius 3 is 1.85 bits per heavy atom. The van der Waals surface area contributed by atoms with E-state index >= 15 is 0 Å². The van der Waals surface area contributed by atoms with Crippen molar-refractivity contribution in [1.29, 1.82) is 0 Å². The molecule has 0 spiro atoms. The first-order chi connectivity index (χ1) is 8.76. The highest BCUT2D eigenvalue weighted by atomic mass is 16.5. The summed E-state index contributed by atoms with van der Waals surface area (Å²) in [6.45, 7) is 16.2. The van der Waals surface area contributed by atoms with Crippen LogP contribution in [0.3, 0.4) is 0 Å². The zero-order chi connectivity index (χ0) is 16.2. The number of rotatable bonds is 5. The van der Waals surface area contributed by atoms with Crippen molar-refractivity contribution in [2.75, 3.05) is 13.2 Å². The van der Waals surface area contributed by atoms with Crippen molar-refractivity contribution in [2.45, 2.75) is 61.8 Å². The fraction of sp³-hybridized carbons (Fsp3) is 0.875. The molecule has 0 aromatic heterocycles. The van der Waals surface area contributed by atoms with Crippen molar-refractivity contribution in [3.63, 3.8) is 0 Å². The van der Waals surface area contributed by atoms with Gasteiger partial charge in [0.25, 0.3) is 0 Å². The lowest BCUT2D eigenvalue weighted by molar-refractivity contribution is -0.155. The fourth-order valence-corrected chi connectivity index (χ4v) is 2.17. The van der Waals surface area contributed by atoms with Crippen molar-refractivity contribution in [2.24, 2.45) is 16.2 Å². The molecule has 0 heterocycles. The predicted molar refractivity (Wildman–Crippen MR) is 81.3 cm³/mol.